The SMILES string of the molecule is Cc1ccc(CC(=O)Nc2ccc(CCBr)cc2)cc1C. The molecule has 0 unspecified atom stereocenters. The van der Waals surface area contributed by atoms with Gasteiger partial charge in [0.15, 0.2) is 0 Å². The van der Waals surface area contributed by atoms with E-state index in [-0.39, 0.29) is 5.91 Å². The van der Waals surface area contributed by atoms with E-state index in [1.807, 2.05) is 30.3 Å². The van der Waals surface area contributed by atoms with Gasteiger partial charge in [-0.3, -0.25) is 4.79 Å². The van der Waals surface area contributed by atoms with Crippen LogP contribution in [0.2, 0.25) is 0 Å². The molecule has 0 heterocycles. The van der Waals surface area contributed by atoms with E-state index in [4.69, 9.17) is 0 Å². The second-order valence-corrected chi connectivity index (χ2v) is 6.07. The van der Waals surface area contributed by atoms with E-state index in [0.29, 0.717) is 6.42 Å². The third kappa shape index (κ3) is 4.71. The molecule has 1 amide bonds. The van der Waals surface area contributed by atoms with Gasteiger partial charge in [-0.05, 0) is 54.7 Å². The van der Waals surface area contributed by atoms with E-state index in [1.54, 1.807) is 0 Å². The van der Waals surface area contributed by atoms with Gasteiger partial charge >= 0.3 is 0 Å². The first-order valence-corrected chi connectivity index (χ1v) is 8.21. The lowest BCUT2D eigenvalue weighted by Crippen LogP contribution is -2.14. The largest absolute Gasteiger partial charge is 0.326 e. The molecular formula is C18H20BrNO. The Balaban J connectivity index is 1.96. The molecule has 0 atom stereocenters. The maximum atomic E-state index is 12.1. The molecule has 0 aliphatic heterocycles. The van der Waals surface area contributed by atoms with Crippen LogP contribution in [0.5, 0.6) is 0 Å². The maximum absolute atomic E-state index is 12.1. The number of benzene rings is 2. The summed E-state index contributed by atoms with van der Waals surface area (Å²) < 4.78 is 0. The Hall–Kier alpha value is -1.61. The van der Waals surface area contributed by atoms with Gasteiger partial charge in [0.25, 0.3) is 0 Å². The summed E-state index contributed by atoms with van der Waals surface area (Å²) in [7, 11) is 0. The first kappa shape index (κ1) is 15.8. The topological polar surface area (TPSA) is 29.1 Å². The standard InChI is InChI=1S/C18H20BrNO/c1-13-3-4-16(11-14(13)2)12-18(21)20-17-7-5-15(6-8-17)9-10-19/h3-8,11H,9-10,12H2,1-2H3,(H,20,21). The molecule has 0 aliphatic carbocycles. The van der Waals surface area contributed by atoms with E-state index >= 15 is 0 Å². The van der Waals surface area contributed by atoms with Crippen molar-refractivity contribution in [2.24, 2.45) is 0 Å². The second kappa shape index (κ2) is 7.41. The Kier molecular flexibility index (Phi) is 5.57. The molecule has 0 saturated heterocycles. The highest BCUT2D eigenvalue weighted by atomic mass is 79.9. The van der Waals surface area contributed by atoms with E-state index < -0.39 is 0 Å². The number of nitrogens with one attached hydrogen (secondary N) is 1. The number of alkyl halides is 1. The van der Waals surface area contributed by atoms with Crippen LogP contribution < -0.4 is 5.32 Å². The number of rotatable bonds is 5. The minimum absolute atomic E-state index is 0.0199. The first-order valence-electron chi connectivity index (χ1n) is 7.09. The predicted molar refractivity (Wildman–Crippen MR) is 92.2 cm³/mol. The summed E-state index contributed by atoms with van der Waals surface area (Å²) in [4.78, 5) is 12.1. The quantitative estimate of drug-likeness (QED) is 0.798. The van der Waals surface area contributed by atoms with Crippen LogP contribution in [0.3, 0.4) is 0 Å². The van der Waals surface area contributed by atoms with Crippen LogP contribution in [0.1, 0.15) is 22.3 Å². The van der Waals surface area contributed by atoms with E-state index in [2.05, 4.69) is 47.2 Å². The molecule has 0 spiro atoms. The van der Waals surface area contributed by atoms with E-state index in [9.17, 15) is 4.79 Å². The Bertz CT molecular complexity index is 620. The fraction of sp³-hybridized carbons (Fsp3) is 0.278. The van der Waals surface area contributed by atoms with Crippen molar-refractivity contribution in [1.82, 2.24) is 0 Å². The summed E-state index contributed by atoms with van der Waals surface area (Å²) in [6.07, 6.45) is 1.40. The molecule has 2 nitrogen and oxygen atoms in total. The Morgan fingerprint density at radius 3 is 2.29 bits per heavy atom. The van der Waals surface area contributed by atoms with Crippen molar-refractivity contribution in [2.75, 3.05) is 10.6 Å². The van der Waals surface area contributed by atoms with Gasteiger partial charge in [0.1, 0.15) is 0 Å². The highest BCUT2D eigenvalue weighted by Gasteiger charge is 2.05. The van der Waals surface area contributed by atoms with Crippen molar-refractivity contribution in [1.29, 1.82) is 0 Å². The van der Waals surface area contributed by atoms with Crippen LogP contribution in [0, 0.1) is 13.8 Å². The fourth-order valence-electron chi connectivity index (χ4n) is 2.17. The summed E-state index contributed by atoms with van der Waals surface area (Å²) in [5.41, 5.74) is 5.63. The third-order valence-corrected chi connectivity index (χ3v) is 3.95. The summed E-state index contributed by atoms with van der Waals surface area (Å²) in [6, 6.07) is 14.2. The summed E-state index contributed by atoms with van der Waals surface area (Å²) >= 11 is 3.42. The average Bonchev–Trinajstić information content (AvgIpc) is 2.45. The second-order valence-electron chi connectivity index (χ2n) is 5.28. The number of amides is 1. The molecule has 0 aromatic heterocycles. The van der Waals surface area contributed by atoms with Crippen LogP contribution >= 0.6 is 15.9 Å². The van der Waals surface area contributed by atoms with Crippen molar-refractivity contribution in [3.63, 3.8) is 0 Å². The molecule has 0 saturated carbocycles. The zero-order chi connectivity index (χ0) is 15.2. The van der Waals surface area contributed by atoms with Gasteiger partial charge in [-0.15, -0.1) is 0 Å². The first-order chi connectivity index (χ1) is 10.1. The lowest BCUT2D eigenvalue weighted by molar-refractivity contribution is -0.115. The Morgan fingerprint density at radius 1 is 1.00 bits per heavy atom. The van der Waals surface area contributed by atoms with Gasteiger partial charge in [0, 0.05) is 11.0 Å². The van der Waals surface area contributed by atoms with E-state index in [0.717, 1.165) is 23.0 Å². The smallest absolute Gasteiger partial charge is 0.228 e. The number of aryl methyl sites for hydroxylation is 3. The molecular weight excluding hydrogens is 326 g/mol. The van der Waals surface area contributed by atoms with Gasteiger partial charge in [0.2, 0.25) is 5.91 Å². The molecule has 0 aliphatic rings. The van der Waals surface area contributed by atoms with E-state index in [1.165, 1.54) is 16.7 Å². The normalized spacial score (nSPS) is 10.4. The molecule has 2 aromatic carbocycles. The Morgan fingerprint density at radius 2 is 1.67 bits per heavy atom. The highest BCUT2D eigenvalue weighted by Crippen LogP contribution is 2.13. The lowest BCUT2D eigenvalue weighted by Gasteiger charge is -2.08. The number of halogens is 1. The van der Waals surface area contributed by atoms with Crippen LogP contribution in [-0.4, -0.2) is 11.2 Å². The third-order valence-electron chi connectivity index (χ3n) is 3.56. The zero-order valence-corrected chi connectivity index (χ0v) is 14.0. The van der Waals surface area contributed by atoms with Crippen LogP contribution in [0.15, 0.2) is 42.5 Å². The molecule has 2 aromatic rings. The van der Waals surface area contributed by atoms with Crippen molar-refractivity contribution >= 4 is 27.5 Å². The molecule has 0 radical (unpaired) electrons. The molecule has 3 heteroatoms. The van der Waals surface area contributed by atoms with Crippen LogP contribution in [0.25, 0.3) is 0 Å². The summed E-state index contributed by atoms with van der Waals surface area (Å²) in [5, 5.41) is 3.89. The number of carbonyl (C=O) groups is 1. The number of hydrogen-bond acceptors (Lipinski definition) is 1. The minimum Gasteiger partial charge on any atom is -0.326 e. The molecule has 0 fully saturated rings. The van der Waals surface area contributed by atoms with Crippen molar-refractivity contribution in [3.8, 4) is 0 Å². The number of carbonyl (C=O) groups excluding carboxylic acids is 1. The predicted octanol–water partition coefficient (Wildman–Crippen LogP) is 4.42. The van der Waals surface area contributed by atoms with Gasteiger partial charge in [-0.1, -0.05) is 46.3 Å². The van der Waals surface area contributed by atoms with Gasteiger partial charge in [-0.25, -0.2) is 0 Å². The average molecular weight is 346 g/mol. The Labute approximate surface area is 134 Å². The number of hydrogen-bond donors (Lipinski definition) is 1. The van der Waals surface area contributed by atoms with Gasteiger partial charge in [0.05, 0.1) is 6.42 Å². The monoisotopic (exact) mass is 345 g/mol. The fourth-order valence-corrected chi connectivity index (χ4v) is 2.63. The van der Waals surface area contributed by atoms with Crippen LogP contribution in [0.4, 0.5) is 5.69 Å². The zero-order valence-electron chi connectivity index (χ0n) is 12.4. The molecule has 21 heavy (non-hydrogen) atoms. The van der Waals surface area contributed by atoms with Crippen molar-refractivity contribution in [3.05, 3.63) is 64.7 Å². The van der Waals surface area contributed by atoms with Crippen LogP contribution in [-0.2, 0) is 17.6 Å². The molecule has 110 valence electrons. The van der Waals surface area contributed by atoms with Gasteiger partial charge < -0.3 is 5.32 Å². The van der Waals surface area contributed by atoms with Gasteiger partial charge in [-0.2, -0.15) is 0 Å². The highest BCUT2D eigenvalue weighted by molar-refractivity contribution is 9.09. The minimum atomic E-state index is 0.0199. The summed E-state index contributed by atoms with van der Waals surface area (Å²) in [6.45, 7) is 4.15. The van der Waals surface area contributed by atoms with Crippen molar-refractivity contribution in [2.45, 2.75) is 26.7 Å². The maximum Gasteiger partial charge on any atom is 0.228 e. The summed E-state index contributed by atoms with van der Waals surface area (Å²) in [5.74, 6) is 0.0199. The molecule has 1 N–H and O–H groups in total. The molecule has 0 bridgehead atoms. The number of anilines is 1. The lowest BCUT2D eigenvalue weighted by atomic mass is 10.0. The molecule has 2 rings (SSSR count). The van der Waals surface area contributed by atoms with Crippen molar-refractivity contribution < 1.29 is 4.79 Å².